The van der Waals surface area contributed by atoms with E-state index in [4.69, 9.17) is 9.47 Å². The molecule has 0 saturated heterocycles. The van der Waals surface area contributed by atoms with Crippen molar-refractivity contribution in [1.29, 1.82) is 0 Å². The van der Waals surface area contributed by atoms with Crippen molar-refractivity contribution in [3.05, 3.63) is 48.7 Å². The molecule has 0 aliphatic rings. The van der Waals surface area contributed by atoms with Crippen molar-refractivity contribution in [2.75, 3.05) is 40.6 Å². The molecule has 150 valence electrons. The Bertz CT molecular complexity index is 1060. The van der Waals surface area contributed by atoms with Crippen LogP contribution in [0, 0.1) is 0 Å². The van der Waals surface area contributed by atoms with Crippen LogP contribution in [0.2, 0.25) is 0 Å². The van der Waals surface area contributed by atoms with Gasteiger partial charge in [0.15, 0.2) is 0 Å². The summed E-state index contributed by atoms with van der Waals surface area (Å²) >= 11 is 1.63. The first-order valence-corrected chi connectivity index (χ1v) is 11.2. The molecule has 8 heteroatoms. The van der Waals surface area contributed by atoms with Gasteiger partial charge in [-0.3, -0.25) is 0 Å². The van der Waals surface area contributed by atoms with E-state index in [0.717, 1.165) is 22.6 Å². The van der Waals surface area contributed by atoms with Crippen molar-refractivity contribution < 1.29 is 17.9 Å². The molecule has 28 heavy (non-hydrogen) atoms. The molecule has 0 atom stereocenters. The van der Waals surface area contributed by atoms with E-state index in [1.807, 2.05) is 20.2 Å². The number of thioether (sulfide) groups is 1. The summed E-state index contributed by atoms with van der Waals surface area (Å²) < 4.78 is 38.4. The van der Waals surface area contributed by atoms with E-state index in [2.05, 4.69) is 4.90 Å². The Morgan fingerprint density at radius 3 is 2.25 bits per heavy atom. The maximum absolute atomic E-state index is 13.3. The average Bonchev–Trinajstić information content (AvgIpc) is 3.06. The molecule has 3 aromatic rings. The predicted molar refractivity (Wildman–Crippen MR) is 113 cm³/mol. The summed E-state index contributed by atoms with van der Waals surface area (Å²) in [5.74, 6) is 2.16. The largest absolute Gasteiger partial charge is 0.497 e. The summed E-state index contributed by atoms with van der Waals surface area (Å²) in [5, 5.41) is 0.861. The van der Waals surface area contributed by atoms with Crippen molar-refractivity contribution in [1.82, 2.24) is 8.87 Å². The van der Waals surface area contributed by atoms with Gasteiger partial charge in [0.25, 0.3) is 10.0 Å². The molecule has 2 aromatic carbocycles. The van der Waals surface area contributed by atoms with Crippen LogP contribution in [-0.2, 0) is 10.0 Å². The lowest BCUT2D eigenvalue weighted by molar-refractivity contribution is 0.414. The SMILES string of the molecule is COc1ccc(S(=O)(=O)n2cc(SCCN(C)C)c3cc(OC)ccc32)cc1. The van der Waals surface area contributed by atoms with E-state index in [1.54, 1.807) is 68.6 Å². The second kappa shape index (κ2) is 8.46. The van der Waals surface area contributed by atoms with Gasteiger partial charge in [-0.25, -0.2) is 12.4 Å². The number of nitrogens with zero attached hydrogens (tertiary/aromatic N) is 2. The number of rotatable bonds is 8. The molecule has 0 aliphatic heterocycles. The Morgan fingerprint density at radius 2 is 1.64 bits per heavy atom. The van der Waals surface area contributed by atoms with E-state index in [9.17, 15) is 8.42 Å². The minimum atomic E-state index is -3.73. The van der Waals surface area contributed by atoms with Gasteiger partial charge < -0.3 is 14.4 Å². The quantitative estimate of drug-likeness (QED) is 0.520. The van der Waals surface area contributed by atoms with Crippen molar-refractivity contribution in [2.24, 2.45) is 0 Å². The number of hydrogen-bond donors (Lipinski definition) is 0. The minimum absolute atomic E-state index is 0.214. The van der Waals surface area contributed by atoms with Crippen LogP contribution in [-0.4, -0.2) is 57.9 Å². The smallest absolute Gasteiger partial charge is 0.268 e. The lowest BCUT2D eigenvalue weighted by Crippen LogP contribution is -2.14. The molecule has 0 radical (unpaired) electrons. The van der Waals surface area contributed by atoms with Gasteiger partial charge in [-0.05, 0) is 56.6 Å². The van der Waals surface area contributed by atoms with Crippen LogP contribution in [0.5, 0.6) is 11.5 Å². The zero-order chi connectivity index (χ0) is 20.3. The summed E-state index contributed by atoms with van der Waals surface area (Å²) in [6.45, 7) is 0.895. The Labute approximate surface area is 170 Å². The Morgan fingerprint density at radius 1 is 1.00 bits per heavy atom. The molecule has 0 aliphatic carbocycles. The molecule has 0 saturated carbocycles. The molecule has 0 unspecified atom stereocenters. The fraction of sp³-hybridized carbons (Fsp3) is 0.300. The van der Waals surface area contributed by atoms with Gasteiger partial charge in [-0.2, -0.15) is 0 Å². The molecular weight excluding hydrogens is 396 g/mol. The van der Waals surface area contributed by atoms with Crippen LogP contribution in [0.25, 0.3) is 10.9 Å². The van der Waals surface area contributed by atoms with Crippen LogP contribution >= 0.6 is 11.8 Å². The van der Waals surface area contributed by atoms with Gasteiger partial charge in [-0.15, -0.1) is 11.8 Å². The number of methoxy groups -OCH3 is 2. The highest BCUT2D eigenvalue weighted by molar-refractivity contribution is 7.99. The van der Waals surface area contributed by atoms with Gasteiger partial charge in [0, 0.05) is 28.8 Å². The Kier molecular flexibility index (Phi) is 6.22. The lowest BCUT2D eigenvalue weighted by atomic mass is 10.2. The maximum Gasteiger partial charge on any atom is 0.268 e. The van der Waals surface area contributed by atoms with Gasteiger partial charge in [-0.1, -0.05) is 0 Å². The van der Waals surface area contributed by atoms with Crippen LogP contribution in [0.15, 0.2) is 58.5 Å². The van der Waals surface area contributed by atoms with Gasteiger partial charge >= 0.3 is 0 Å². The van der Waals surface area contributed by atoms with Crippen molar-refractivity contribution in [2.45, 2.75) is 9.79 Å². The van der Waals surface area contributed by atoms with E-state index in [1.165, 1.54) is 3.97 Å². The van der Waals surface area contributed by atoms with Crippen LogP contribution in [0.4, 0.5) is 0 Å². The third-order valence-electron chi connectivity index (χ3n) is 4.35. The van der Waals surface area contributed by atoms with E-state index in [-0.39, 0.29) is 4.90 Å². The second-order valence-corrected chi connectivity index (χ2v) is 9.46. The summed E-state index contributed by atoms with van der Waals surface area (Å²) in [4.78, 5) is 3.22. The standard InChI is InChI=1S/C20H24N2O4S2/c1-21(2)11-12-27-20-14-22(19-10-7-16(26-4)13-18(19)20)28(23,24)17-8-5-15(25-3)6-9-17/h5-10,13-14H,11-12H2,1-4H3. The Hall–Kier alpha value is -2.16. The monoisotopic (exact) mass is 420 g/mol. The molecule has 0 N–H and O–H groups in total. The third kappa shape index (κ3) is 4.14. The fourth-order valence-electron chi connectivity index (χ4n) is 2.79. The summed E-state index contributed by atoms with van der Waals surface area (Å²) in [6.07, 6.45) is 1.70. The van der Waals surface area contributed by atoms with Crippen molar-refractivity contribution in [3.63, 3.8) is 0 Å². The summed E-state index contributed by atoms with van der Waals surface area (Å²) in [7, 11) is 3.45. The molecule has 1 aromatic heterocycles. The number of benzene rings is 2. The minimum Gasteiger partial charge on any atom is -0.497 e. The third-order valence-corrected chi connectivity index (χ3v) is 7.06. The Balaban J connectivity index is 2.08. The molecule has 1 heterocycles. The maximum atomic E-state index is 13.3. The predicted octanol–water partition coefficient (Wildman–Crippen LogP) is 3.55. The zero-order valence-corrected chi connectivity index (χ0v) is 18.0. The topological polar surface area (TPSA) is 60.8 Å². The highest BCUT2D eigenvalue weighted by atomic mass is 32.2. The fourth-order valence-corrected chi connectivity index (χ4v) is 5.40. The molecule has 0 amide bonds. The highest BCUT2D eigenvalue weighted by Gasteiger charge is 2.22. The number of aromatic nitrogens is 1. The summed E-state index contributed by atoms with van der Waals surface area (Å²) in [5.41, 5.74) is 0.629. The molecule has 6 nitrogen and oxygen atoms in total. The molecule has 0 fully saturated rings. The molecule has 3 rings (SSSR count). The number of fused-ring (bicyclic) bond motifs is 1. The van der Waals surface area contributed by atoms with Crippen molar-refractivity contribution in [3.8, 4) is 11.5 Å². The second-order valence-electron chi connectivity index (χ2n) is 6.50. The van der Waals surface area contributed by atoms with Crippen molar-refractivity contribution >= 4 is 32.7 Å². The highest BCUT2D eigenvalue weighted by Crippen LogP contribution is 2.35. The molecule has 0 spiro atoms. The first kappa shape index (κ1) is 20.6. The normalized spacial score (nSPS) is 11.9. The van der Waals surface area contributed by atoms with E-state index < -0.39 is 10.0 Å². The first-order valence-electron chi connectivity index (χ1n) is 8.73. The number of ether oxygens (including phenoxy) is 2. The van der Waals surface area contributed by atoms with E-state index in [0.29, 0.717) is 17.0 Å². The van der Waals surface area contributed by atoms with Gasteiger partial charge in [0.05, 0.1) is 24.6 Å². The van der Waals surface area contributed by atoms with Gasteiger partial charge in [0.1, 0.15) is 11.5 Å². The number of hydrogen-bond acceptors (Lipinski definition) is 6. The molecular formula is C20H24N2O4S2. The zero-order valence-electron chi connectivity index (χ0n) is 16.4. The van der Waals surface area contributed by atoms with E-state index >= 15 is 0 Å². The van der Waals surface area contributed by atoms with Crippen LogP contribution < -0.4 is 9.47 Å². The lowest BCUT2D eigenvalue weighted by Gasteiger charge is -2.08. The van der Waals surface area contributed by atoms with Crippen LogP contribution in [0.3, 0.4) is 0 Å². The summed E-state index contributed by atoms with van der Waals surface area (Å²) in [6, 6.07) is 11.8. The first-order chi connectivity index (χ1) is 13.4. The van der Waals surface area contributed by atoms with Gasteiger partial charge in [0.2, 0.25) is 0 Å². The average molecular weight is 421 g/mol. The van der Waals surface area contributed by atoms with Crippen LogP contribution in [0.1, 0.15) is 0 Å². The molecule has 0 bridgehead atoms.